The number of hydrogen-bond donors (Lipinski definition) is 1. The van der Waals surface area contributed by atoms with Gasteiger partial charge in [-0.05, 0) is 44.0 Å². The summed E-state index contributed by atoms with van der Waals surface area (Å²) in [5.41, 5.74) is 0. The zero-order chi connectivity index (χ0) is 13.2. The fourth-order valence-corrected chi connectivity index (χ4v) is 3.22. The van der Waals surface area contributed by atoms with E-state index >= 15 is 0 Å². The number of ether oxygens (including phenoxy) is 1. The van der Waals surface area contributed by atoms with Crippen LogP contribution in [0.2, 0.25) is 0 Å². The molecule has 0 aliphatic carbocycles. The van der Waals surface area contributed by atoms with Gasteiger partial charge in [0.05, 0.1) is 0 Å². The van der Waals surface area contributed by atoms with Crippen LogP contribution in [0, 0.1) is 5.82 Å². The van der Waals surface area contributed by atoms with Crippen LogP contribution in [-0.2, 0) is 0 Å². The second-order valence-electron chi connectivity index (χ2n) is 5.58. The standard InChI is InChI=1S/C15H21FN2O/c1-11-15-7-6-14(10-18(15)9-8-17-11)19-13-4-2-12(16)3-5-13/h2-5,11,14-15,17H,6-10H2,1H3/t11?,14-,15-/m1/s1. The van der Waals surface area contributed by atoms with Gasteiger partial charge in [-0.15, -0.1) is 0 Å². The van der Waals surface area contributed by atoms with Crippen molar-refractivity contribution < 1.29 is 9.13 Å². The monoisotopic (exact) mass is 264 g/mol. The number of rotatable bonds is 2. The predicted molar refractivity (Wildman–Crippen MR) is 72.9 cm³/mol. The molecule has 3 nitrogen and oxygen atoms in total. The third-order valence-corrected chi connectivity index (χ3v) is 4.25. The van der Waals surface area contributed by atoms with E-state index in [0.29, 0.717) is 12.1 Å². The van der Waals surface area contributed by atoms with Gasteiger partial charge >= 0.3 is 0 Å². The molecule has 0 spiro atoms. The lowest BCUT2D eigenvalue weighted by molar-refractivity contribution is 0.0204. The van der Waals surface area contributed by atoms with Crippen LogP contribution in [0.1, 0.15) is 19.8 Å². The summed E-state index contributed by atoms with van der Waals surface area (Å²) >= 11 is 0. The van der Waals surface area contributed by atoms with Gasteiger partial charge in [0.15, 0.2) is 0 Å². The van der Waals surface area contributed by atoms with Crippen LogP contribution in [0.5, 0.6) is 5.75 Å². The lowest BCUT2D eigenvalue weighted by Crippen LogP contribution is -2.61. The van der Waals surface area contributed by atoms with Gasteiger partial charge in [-0.1, -0.05) is 0 Å². The van der Waals surface area contributed by atoms with Crippen LogP contribution < -0.4 is 10.1 Å². The Morgan fingerprint density at radius 2 is 2.05 bits per heavy atom. The van der Waals surface area contributed by atoms with Gasteiger partial charge in [0.2, 0.25) is 0 Å². The average molecular weight is 264 g/mol. The summed E-state index contributed by atoms with van der Waals surface area (Å²) in [6.45, 7) is 5.39. The van der Waals surface area contributed by atoms with Crippen LogP contribution in [0.25, 0.3) is 0 Å². The topological polar surface area (TPSA) is 24.5 Å². The first-order chi connectivity index (χ1) is 9.22. The maximum absolute atomic E-state index is 12.9. The van der Waals surface area contributed by atoms with Crippen molar-refractivity contribution in [2.45, 2.75) is 38.0 Å². The number of nitrogens with one attached hydrogen (secondary N) is 1. The summed E-state index contributed by atoms with van der Waals surface area (Å²) in [6.07, 6.45) is 2.47. The average Bonchev–Trinajstić information content (AvgIpc) is 2.42. The molecule has 0 aromatic heterocycles. The molecule has 2 heterocycles. The summed E-state index contributed by atoms with van der Waals surface area (Å²) in [6, 6.07) is 7.54. The molecule has 4 heteroatoms. The molecular weight excluding hydrogens is 243 g/mol. The molecule has 2 aliphatic rings. The number of piperazine rings is 1. The minimum atomic E-state index is -0.216. The van der Waals surface area contributed by atoms with Gasteiger partial charge in [-0.3, -0.25) is 4.90 Å². The lowest BCUT2D eigenvalue weighted by atomic mass is 9.93. The smallest absolute Gasteiger partial charge is 0.123 e. The van der Waals surface area contributed by atoms with Crippen LogP contribution in [0.4, 0.5) is 4.39 Å². The van der Waals surface area contributed by atoms with Gasteiger partial charge < -0.3 is 10.1 Å². The van der Waals surface area contributed by atoms with Crippen molar-refractivity contribution in [2.75, 3.05) is 19.6 Å². The minimum Gasteiger partial charge on any atom is -0.489 e. The molecule has 2 fully saturated rings. The predicted octanol–water partition coefficient (Wildman–Crippen LogP) is 2.03. The number of piperidine rings is 1. The number of nitrogens with zero attached hydrogens (tertiary/aromatic N) is 1. The molecule has 104 valence electrons. The molecule has 0 amide bonds. The molecule has 1 aromatic carbocycles. The molecule has 3 rings (SSSR count). The van der Waals surface area contributed by atoms with Crippen molar-refractivity contribution >= 4 is 0 Å². The molecule has 2 saturated heterocycles. The van der Waals surface area contributed by atoms with E-state index in [2.05, 4.69) is 17.1 Å². The summed E-state index contributed by atoms with van der Waals surface area (Å²) in [4.78, 5) is 2.53. The molecule has 0 radical (unpaired) electrons. The van der Waals surface area contributed by atoms with Gasteiger partial charge in [-0.25, -0.2) is 4.39 Å². The zero-order valence-corrected chi connectivity index (χ0v) is 11.3. The highest BCUT2D eigenvalue weighted by atomic mass is 19.1. The van der Waals surface area contributed by atoms with Crippen LogP contribution in [0.15, 0.2) is 24.3 Å². The number of fused-ring (bicyclic) bond motifs is 1. The fraction of sp³-hybridized carbons (Fsp3) is 0.600. The largest absolute Gasteiger partial charge is 0.489 e. The Labute approximate surface area is 113 Å². The molecule has 19 heavy (non-hydrogen) atoms. The molecule has 1 aromatic rings. The van der Waals surface area contributed by atoms with Gasteiger partial charge in [0.1, 0.15) is 17.7 Å². The second kappa shape index (κ2) is 5.47. The van der Waals surface area contributed by atoms with E-state index in [1.54, 1.807) is 12.1 Å². The van der Waals surface area contributed by atoms with E-state index in [9.17, 15) is 4.39 Å². The summed E-state index contributed by atoms with van der Waals surface area (Å²) in [5, 5.41) is 3.53. The lowest BCUT2D eigenvalue weighted by Gasteiger charge is -2.45. The Balaban J connectivity index is 1.60. The summed E-state index contributed by atoms with van der Waals surface area (Å²) in [5.74, 6) is 0.556. The number of halogens is 1. The molecule has 1 N–H and O–H groups in total. The highest BCUT2D eigenvalue weighted by molar-refractivity contribution is 5.22. The molecule has 0 saturated carbocycles. The van der Waals surface area contributed by atoms with E-state index in [4.69, 9.17) is 4.74 Å². The van der Waals surface area contributed by atoms with E-state index in [0.717, 1.165) is 31.8 Å². The zero-order valence-electron chi connectivity index (χ0n) is 11.3. The SMILES string of the molecule is CC1NCCN2C[C@H](Oc3ccc(F)cc3)CC[C@H]12. The highest BCUT2D eigenvalue weighted by Crippen LogP contribution is 2.25. The van der Waals surface area contributed by atoms with Gasteiger partial charge in [0.25, 0.3) is 0 Å². The van der Waals surface area contributed by atoms with E-state index in [1.807, 2.05) is 0 Å². The fourth-order valence-electron chi connectivity index (χ4n) is 3.22. The third kappa shape index (κ3) is 2.90. The number of hydrogen-bond acceptors (Lipinski definition) is 3. The van der Waals surface area contributed by atoms with Gasteiger partial charge in [0, 0.05) is 31.7 Å². The van der Waals surface area contributed by atoms with Crippen LogP contribution >= 0.6 is 0 Å². The molecule has 2 aliphatic heterocycles. The maximum Gasteiger partial charge on any atom is 0.123 e. The molecular formula is C15H21FN2O. The Morgan fingerprint density at radius 3 is 2.84 bits per heavy atom. The van der Waals surface area contributed by atoms with Crippen molar-refractivity contribution in [2.24, 2.45) is 0 Å². The Hall–Kier alpha value is -1.13. The Kier molecular flexibility index (Phi) is 3.71. The molecule has 0 bridgehead atoms. The first-order valence-electron chi connectivity index (χ1n) is 7.12. The quantitative estimate of drug-likeness (QED) is 0.884. The maximum atomic E-state index is 12.9. The first-order valence-corrected chi connectivity index (χ1v) is 7.12. The van der Waals surface area contributed by atoms with Crippen LogP contribution in [-0.4, -0.2) is 42.7 Å². The normalized spacial score (nSPS) is 31.8. The molecule has 3 atom stereocenters. The van der Waals surface area contributed by atoms with Crippen molar-refractivity contribution in [3.63, 3.8) is 0 Å². The number of benzene rings is 1. The van der Waals surface area contributed by atoms with Gasteiger partial charge in [-0.2, -0.15) is 0 Å². The van der Waals surface area contributed by atoms with Crippen LogP contribution in [0.3, 0.4) is 0 Å². The highest BCUT2D eigenvalue weighted by Gasteiger charge is 2.34. The molecule has 1 unspecified atom stereocenters. The third-order valence-electron chi connectivity index (χ3n) is 4.25. The summed E-state index contributed by atoms with van der Waals surface area (Å²) < 4.78 is 18.8. The first kappa shape index (κ1) is 12.9. The van der Waals surface area contributed by atoms with Crippen molar-refractivity contribution in [1.29, 1.82) is 0 Å². The van der Waals surface area contributed by atoms with Crippen molar-refractivity contribution in [3.05, 3.63) is 30.1 Å². The minimum absolute atomic E-state index is 0.216. The van der Waals surface area contributed by atoms with Crippen molar-refractivity contribution in [1.82, 2.24) is 10.2 Å². The summed E-state index contributed by atoms with van der Waals surface area (Å²) in [7, 11) is 0. The van der Waals surface area contributed by atoms with Crippen molar-refractivity contribution in [3.8, 4) is 5.75 Å². The Morgan fingerprint density at radius 1 is 1.26 bits per heavy atom. The van der Waals surface area contributed by atoms with E-state index in [-0.39, 0.29) is 11.9 Å². The van der Waals surface area contributed by atoms with E-state index < -0.39 is 0 Å². The second-order valence-corrected chi connectivity index (χ2v) is 5.58. The van der Waals surface area contributed by atoms with E-state index in [1.165, 1.54) is 18.6 Å². The Bertz CT molecular complexity index is 423.